The van der Waals surface area contributed by atoms with Crippen LogP contribution in [-0.2, 0) is 16.1 Å². The first-order valence-corrected chi connectivity index (χ1v) is 6.01. The van der Waals surface area contributed by atoms with Crippen LogP contribution in [0, 0.1) is 5.92 Å². The van der Waals surface area contributed by atoms with Crippen LogP contribution in [0.25, 0.3) is 0 Å². The predicted octanol–water partition coefficient (Wildman–Crippen LogP) is 2.15. The van der Waals surface area contributed by atoms with E-state index in [2.05, 4.69) is 0 Å². The highest BCUT2D eigenvalue weighted by atomic mass is 16.4. The minimum Gasteiger partial charge on any atom is -0.481 e. The average molecular weight is 249 g/mol. The van der Waals surface area contributed by atoms with Crippen LogP contribution in [0.15, 0.2) is 30.3 Å². The van der Waals surface area contributed by atoms with E-state index >= 15 is 0 Å². The molecule has 0 saturated heterocycles. The quantitative estimate of drug-likeness (QED) is 0.840. The number of carbonyl (C=O) groups excluding carboxylic acids is 1. The summed E-state index contributed by atoms with van der Waals surface area (Å²) in [4.78, 5) is 24.1. The molecular formula is C14H19NO3. The van der Waals surface area contributed by atoms with Crippen LogP contribution >= 0.6 is 0 Å². The molecule has 0 spiro atoms. The third kappa shape index (κ3) is 4.57. The van der Waals surface area contributed by atoms with Gasteiger partial charge in [0.15, 0.2) is 0 Å². The Hall–Kier alpha value is -1.84. The van der Waals surface area contributed by atoms with Crippen LogP contribution < -0.4 is 0 Å². The van der Waals surface area contributed by atoms with Crippen molar-refractivity contribution >= 4 is 11.9 Å². The van der Waals surface area contributed by atoms with Gasteiger partial charge in [0.05, 0.1) is 5.92 Å². The van der Waals surface area contributed by atoms with E-state index in [1.54, 1.807) is 18.9 Å². The fraction of sp³-hybridized carbons (Fsp3) is 0.429. The van der Waals surface area contributed by atoms with Crippen LogP contribution in [-0.4, -0.2) is 28.9 Å². The number of hydrogen-bond donors (Lipinski definition) is 1. The molecule has 1 amide bonds. The lowest BCUT2D eigenvalue weighted by atomic mass is 10.1. The molecular weight excluding hydrogens is 230 g/mol. The number of nitrogens with zero attached hydrogens (tertiary/aromatic N) is 1. The van der Waals surface area contributed by atoms with Gasteiger partial charge in [-0.05, 0) is 12.0 Å². The summed E-state index contributed by atoms with van der Waals surface area (Å²) in [6.07, 6.45) is 0.657. The summed E-state index contributed by atoms with van der Waals surface area (Å²) < 4.78 is 0. The number of hydrogen-bond acceptors (Lipinski definition) is 2. The van der Waals surface area contributed by atoms with Crippen LogP contribution in [0.5, 0.6) is 0 Å². The molecule has 1 N–H and O–H groups in total. The first kappa shape index (κ1) is 14.2. The van der Waals surface area contributed by atoms with Crippen LogP contribution in [0.3, 0.4) is 0 Å². The van der Waals surface area contributed by atoms with E-state index in [1.165, 1.54) is 0 Å². The van der Waals surface area contributed by atoms with Crippen molar-refractivity contribution in [1.82, 2.24) is 4.90 Å². The number of rotatable bonds is 6. The van der Waals surface area contributed by atoms with E-state index < -0.39 is 11.9 Å². The summed E-state index contributed by atoms with van der Waals surface area (Å²) in [6, 6.07) is 9.72. The summed E-state index contributed by atoms with van der Waals surface area (Å²) in [5, 5.41) is 8.74. The van der Waals surface area contributed by atoms with Crippen molar-refractivity contribution < 1.29 is 14.7 Å². The molecule has 1 rings (SSSR count). The largest absolute Gasteiger partial charge is 0.481 e. The van der Waals surface area contributed by atoms with Crippen LogP contribution in [0.4, 0.5) is 0 Å². The highest BCUT2D eigenvalue weighted by Gasteiger charge is 2.15. The van der Waals surface area contributed by atoms with Crippen LogP contribution in [0.1, 0.15) is 25.3 Å². The van der Waals surface area contributed by atoms with E-state index in [1.807, 2.05) is 30.3 Å². The van der Waals surface area contributed by atoms with Crippen molar-refractivity contribution in [2.45, 2.75) is 26.3 Å². The lowest BCUT2D eigenvalue weighted by Gasteiger charge is -2.17. The molecule has 1 aromatic carbocycles. The van der Waals surface area contributed by atoms with Gasteiger partial charge in [-0.2, -0.15) is 0 Å². The SMILES string of the molecule is CC(CCC(=O)N(C)Cc1ccccc1)C(=O)O. The van der Waals surface area contributed by atoms with Crippen molar-refractivity contribution in [2.75, 3.05) is 7.05 Å². The molecule has 0 fully saturated rings. The molecule has 98 valence electrons. The summed E-state index contributed by atoms with van der Waals surface area (Å²) in [5.74, 6) is -1.35. The summed E-state index contributed by atoms with van der Waals surface area (Å²) in [5.41, 5.74) is 1.07. The monoisotopic (exact) mass is 249 g/mol. The fourth-order valence-electron chi connectivity index (χ4n) is 1.60. The first-order chi connectivity index (χ1) is 8.50. The van der Waals surface area contributed by atoms with Gasteiger partial charge in [-0.3, -0.25) is 9.59 Å². The van der Waals surface area contributed by atoms with Gasteiger partial charge in [0.2, 0.25) is 5.91 Å². The Bertz CT molecular complexity index is 403. The van der Waals surface area contributed by atoms with E-state index in [-0.39, 0.29) is 12.3 Å². The standard InChI is InChI=1S/C14H19NO3/c1-11(14(17)18)8-9-13(16)15(2)10-12-6-4-3-5-7-12/h3-7,11H,8-10H2,1-2H3,(H,17,18). The van der Waals surface area contributed by atoms with Gasteiger partial charge in [-0.15, -0.1) is 0 Å². The van der Waals surface area contributed by atoms with Gasteiger partial charge in [-0.1, -0.05) is 37.3 Å². The maximum Gasteiger partial charge on any atom is 0.306 e. The summed E-state index contributed by atoms with van der Waals surface area (Å²) in [7, 11) is 1.74. The zero-order valence-electron chi connectivity index (χ0n) is 10.8. The van der Waals surface area contributed by atoms with Gasteiger partial charge < -0.3 is 10.0 Å². The van der Waals surface area contributed by atoms with Gasteiger partial charge in [-0.25, -0.2) is 0 Å². The van der Waals surface area contributed by atoms with Crippen LogP contribution in [0.2, 0.25) is 0 Å². The third-order valence-corrected chi connectivity index (χ3v) is 2.90. The van der Waals surface area contributed by atoms with Crippen molar-refractivity contribution in [3.8, 4) is 0 Å². The minimum absolute atomic E-state index is 0.0213. The normalized spacial score (nSPS) is 11.9. The van der Waals surface area contributed by atoms with Crippen molar-refractivity contribution in [3.05, 3.63) is 35.9 Å². The zero-order valence-corrected chi connectivity index (χ0v) is 10.8. The first-order valence-electron chi connectivity index (χ1n) is 6.01. The Morgan fingerprint density at radius 2 is 1.89 bits per heavy atom. The number of aliphatic carboxylic acids is 1. The zero-order chi connectivity index (χ0) is 13.5. The molecule has 0 aromatic heterocycles. The molecule has 4 nitrogen and oxygen atoms in total. The van der Waals surface area contributed by atoms with Crippen molar-refractivity contribution in [1.29, 1.82) is 0 Å². The summed E-state index contributed by atoms with van der Waals surface area (Å²) in [6.45, 7) is 2.17. The number of carboxylic acid groups (broad SMARTS) is 1. The second-order valence-corrected chi connectivity index (χ2v) is 4.51. The maximum absolute atomic E-state index is 11.8. The Kier molecular flexibility index (Phi) is 5.36. The number of carbonyl (C=O) groups is 2. The predicted molar refractivity (Wildman–Crippen MR) is 68.9 cm³/mol. The van der Waals surface area contributed by atoms with Gasteiger partial charge in [0.25, 0.3) is 0 Å². The molecule has 0 aliphatic rings. The van der Waals surface area contributed by atoms with Gasteiger partial charge in [0, 0.05) is 20.0 Å². The molecule has 0 bridgehead atoms. The molecule has 1 atom stereocenters. The highest BCUT2D eigenvalue weighted by Crippen LogP contribution is 2.09. The molecule has 1 unspecified atom stereocenters. The molecule has 0 aliphatic carbocycles. The van der Waals surface area contributed by atoms with Gasteiger partial charge in [0.1, 0.15) is 0 Å². The van der Waals surface area contributed by atoms with E-state index in [4.69, 9.17) is 5.11 Å². The minimum atomic E-state index is -0.853. The average Bonchev–Trinajstić information content (AvgIpc) is 2.36. The van der Waals surface area contributed by atoms with Crippen molar-refractivity contribution in [2.24, 2.45) is 5.92 Å². The Morgan fingerprint density at radius 3 is 2.44 bits per heavy atom. The lowest BCUT2D eigenvalue weighted by molar-refractivity contribution is -0.141. The fourth-order valence-corrected chi connectivity index (χ4v) is 1.60. The lowest BCUT2D eigenvalue weighted by Crippen LogP contribution is -2.26. The molecule has 18 heavy (non-hydrogen) atoms. The Morgan fingerprint density at radius 1 is 1.28 bits per heavy atom. The molecule has 1 aromatic rings. The second-order valence-electron chi connectivity index (χ2n) is 4.51. The number of amides is 1. The molecule has 0 aliphatic heterocycles. The second kappa shape index (κ2) is 6.79. The Labute approximate surface area is 107 Å². The van der Waals surface area contributed by atoms with E-state index in [0.29, 0.717) is 13.0 Å². The van der Waals surface area contributed by atoms with E-state index in [0.717, 1.165) is 5.56 Å². The molecule has 0 radical (unpaired) electrons. The van der Waals surface area contributed by atoms with Crippen molar-refractivity contribution in [3.63, 3.8) is 0 Å². The summed E-state index contributed by atoms with van der Waals surface area (Å²) >= 11 is 0. The molecule has 0 heterocycles. The third-order valence-electron chi connectivity index (χ3n) is 2.90. The Balaban J connectivity index is 2.40. The highest BCUT2D eigenvalue weighted by molar-refractivity contribution is 5.77. The van der Waals surface area contributed by atoms with Gasteiger partial charge >= 0.3 is 5.97 Å². The number of carboxylic acids is 1. The smallest absolute Gasteiger partial charge is 0.306 e. The number of benzene rings is 1. The topological polar surface area (TPSA) is 57.6 Å². The maximum atomic E-state index is 11.8. The molecule has 0 saturated carbocycles. The van der Waals surface area contributed by atoms with E-state index in [9.17, 15) is 9.59 Å². The molecule has 4 heteroatoms.